The number of nitrogens with one attached hydrogen (secondary N) is 1. The van der Waals surface area contributed by atoms with Crippen LogP contribution in [0.15, 0.2) is 107 Å². The van der Waals surface area contributed by atoms with Gasteiger partial charge >= 0.3 is 23.6 Å². The van der Waals surface area contributed by atoms with Gasteiger partial charge in [0.1, 0.15) is 12.7 Å². The predicted octanol–water partition coefficient (Wildman–Crippen LogP) is 3.48. The summed E-state index contributed by atoms with van der Waals surface area (Å²) in [6.07, 6.45) is -2.89. The second-order valence-corrected chi connectivity index (χ2v) is 11.2. The molecule has 1 saturated heterocycles. The number of carbonyl (C=O) groups is 3. The molecule has 0 unspecified atom stereocenters. The molecule has 1 N–H and O–H groups in total. The van der Waals surface area contributed by atoms with Crippen LogP contribution in [0.3, 0.4) is 0 Å². The van der Waals surface area contributed by atoms with Crippen molar-refractivity contribution in [2.75, 3.05) is 6.61 Å². The molecule has 5 rings (SSSR count). The first kappa shape index (κ1) is 33.1. The number of ether oxygens (including phenoxy) is 4. The summed E-state index contributed by atoms with van der Waals surface area (Å²) >= 11 is 0. The highest BCUT2D eigenvalue weighted by Crippen LogP contribution is 2.34. The van der Waals surface area contributed by atoms with E-state index in [1.165, 1.54) is 6.20 Å². The van der Waals surface area contributed by atoms with E-state index in [2.05, 4.69) is 4.98 Å². The van der Waals surface area contributed by atoms with E-state index in [0.29, 0.717) is 29.5 Å². The predicted molar refractivity (Wildman–Crippen MR) is 170 cm³/mol. The maximum absolute atomic E-state index is 13.3. The van der Waals surface area contributed by atoms with Crippen LogP contribution in [0.1, 0.15) is 41.8 Å². The zero-order valence-corrected chi connectivity index (χ0v) is 25.9. The third-order valence-corrected chi connectivity index (χ3v) is 7.64. The molecular formula is C36H36N2O9. The fraction of sp³-hybridized carbons (Fsp3) is 0.306. The summed E-state index contributed by atoms with van der Waals surface area (Å²) in [7, 11) is 0. The standard InChI is InChI=1S/C36H36N2O9/c1-2-12-27-22-38(36(43)37-34(27)42)35-33(47-31(41)21-26-17-10-5-11-18-26)32(46-30(40)20-25-15-8-4-9-16-25)28(45-35)23-44-29(39)19-24-13-6-3-7-14-24/h3-11,13-18,22,28,32-33,35H,2,12,19-21,23H2,1H3,(H,37,42,43)/t28-,32-,33-,35-/m1/s1. The van der Waals surface area contributed by atoms with E-state index >= 15 is 0 Å². The van der Waals surface area contributed by atoms with Gasteiger partial charge < -0.3 is 18.9 Å². The highest BCUT2D eigenvalue weighted by atomic mass is 16.7. The minimum atomic E-state index is -1.33. The summed E-state index contributed by atoms with van der Waals surface area (Å²) in [6.45, 7) is 1.52. The van der Waals surface area contributed by atoms with Crippen LogP contribution < -0.4 is 11.2 Å². The van der Waals surface area contributed by atoms with Gasteiger partial charge in [-0.3, -0.25) is 28.7 Å². The summed E-state index contributed by atoms with van der Waals surface area (Å²) in [5.74, 6) is -1.86. The highest BCUT2D eigenvalue weighted by molar-refractivity contribution is 5.74. The average Bonchev–Trinajstić information content (AvgIpc) is 3.38. The van der Waals surface area contributed by atoms with E-state index in [-0.39, 0.29) is 25.9 Å². The number of rotatable bonds is 13. The Labute approximate surface area is 271 Å². The van der Waals surface area contributed by atoms with E-state index in [1.54, 1.807) is 72.8 Å². The van der Waals surface area contributed by atoms with Crippen LogP contribution >= 0.6 is 0 Å². The number of benzene rings is 3. The lowest BCUT2D eigenvalue weighted by Gasteiger charge is -2.25. The topological polar surface area (TPSA) is 143 Å². The third kappa shape index (κ3) is 8.92. The van der Waals surface area contributed by atoms with Crippen LogP contribution in [-0.4, -0.2) is 52.4 Å². The van der Waals surface area contributed by atoms with Crippen molar-refractivity contribution in [1.29, 1.82) is 0 Å². The number of aromatic amines is 1. The molecule has 11 nitrogen and oxygen atoms in total. The number of carbonyl (C=O) groups excluding carboxylic acids is 3. The van der Waals surface area contributed by atoms with Gasteiger partial charge in [-0.1, -0.05) is 104 Å². The molecule has 0 saturated carbocycles. The van der Waals surface area contributed by atoms with Crippen LogP contribution in [0.2, 0.25) is 0 Å². The largest absolute Gasteiger partial charge is 0.463 e. The van der Waals surface area contributed by atoms with E-state index in [9.17, 15) is 24.0 Å². The highest BCUT2D eigenvalue weighted by Gasteiger charge is 2.51. The molecule has 1 fully saturated rings. The molecule has 1 aromatic heterocycles. The van der Waals surface area contributed by atoms with Crippen molar-refractivity contribution in [3.63, 3.8) is 0 Å². The van der Waals surface area contributed by atoms with Crippen molar-refractivity contribution in [3.05, 3.63) is 140 Å². The molecule has 0 spiro atoms. The Balaban J connectivity index is 1.46. The van der Waals surface area contributed by atoms with E-state index in [0.717, 1.165) is 10.1 Å². The molecule has 4 aromatic rings. The zero-order chi connectivity index (χ0) is 33.2. The van der Waals surface area contributed by atoms with Crippen LogP contribution in [0, 0.1) is 0 Å². The first-order valence-corrected chi connectivity index (χ1v) is 15.5. The number of aromatic nitrogens is 2. The molecule has 1 aliphatic rings. The number of hydrogen-bond acceptors (Lipinski definition) is 9. The third-order valence-electron chi connectivity index (χ3n) is 7.64. The Kier molecular flexibility index (Phi) is 11.1. The molecule has 0 amide bonds. The second kappa shape index (κ2) is 15.8. The maximum Gasteiger partial charge on any atom is 0.330 e. The van der Waals surface area contributed by atoms with E-state index in [1.807, 2.05) is 25.1 Å². The molecule has 0 bridgehead atoms. The Hall–Kier alpha value is -5.29. The number of aryl methyl sites for hydroxylation is 1. The normalized spacial score (nSPS) is 18.7. The summed E-state index contributed by atoms with van der Waals surface area (Å²) in [6, 6.07) is 26.9. The van der Waals surface area contributed by atoms with Crippen molar-refractivity contribution in [3.8, 4) is 0 Å². The van der Waals surface area contributed by atoms with Crippen molar-refractivity contribution < 1.29 is 33.3 Å². The minimum absolute atomic E-state index is 0.00923. The molecule has 11 heteroatoms. The van der Waals surface area contributed by atoms with Gasteiger partial charge in [0.25, 0.3) is 5.56 Å². The smallest absolute Gasteiger partial charge is 0.330 e. The van der Waals surface area contributed by atoms with Gasteiger partial charge in [0, 0.05) is 11.8 Å². The molecular weight excluding hydrogens is 604 g/mol. The Bertz CT molecular complexity index is 1770. The summed E-state index contributed by atoms with van der Waals surface area (Å²) in [4.78, 5) is 67.3. The number of nitrogens with zero attached hydrogens (tertiary/aromatic N) is 1. The van der Waals surface area contributed by atoms with E-state index < -0.39 is 53.7 Å². The first-order valence-electron chi connectivity index (χ1n) is 15.5. The number of esters is 3. The average molecular weight is 641 g/mol. The first-order chi connectivity index (χ1) is 22.8. The number of hydrogen-bond donors (Lipinski definition) is 1. The Morgan fingerprint density at radius 3 is 1.72 bits per heavy atom. The SMILES string of the molecule is CCCc1cn([C@@H]2O[C@H](COC(=O)Cc3ccccc3)[C@@H](OC(=O)Cc3ccccc3)[C@H]2OC(=O)Cc2ccccc2)c(=O)[nH]c1=O. The second-order valence-electron chi connectivity index (χ2n) is 11.2. The van der Waals surface area contributed by atoms with Gasteiger partial charge in [0.05, 0.1) is 19.3 Å². The monoisotopic (exact) mass is 640 g/mol. The van der Waals surface area contributed by atoms with Crippen molar-refractivity contribution in [2.24, 2.45) is 0 Å². The van der Waals surface area contributed by atoms with Gasteiger partial charge in [-0.15, -0.1) is 0 Å². The maximum atomic E-state index is 13.3. The molecule has 0 radical (unpaired) electrons. The van der Waals surface area contributed by atoms with Crippen molar-refractivity contribution >= 4 is 17.9 Å². The van der Waals surface area contributed by atoms with Crippen LogP contribution in [0.4, 0.5) is 0 Å². The lowest BCUT2D eigenvalue weighted by atomic mass is 10.1. The van der Waals surface area contributed by atoms with Gasteiger partial charge in [-0.2, -0.15) is 0 Å². The van der Waals surface area contributed by atoms with Crippen LogP contribution in [0.25, 0.3) is 0 Å². The van der Waals surface area contributed by atoms with Crippen LogP contribution in [-0.2, 0) is 59.0 Å². The summed E-state index contributed by atoms with van der Waals surface area (Å²) < 4.78 is 24.8. The fourth-order valence-corrected chi connectivity index (χ4v) is 5.40. The quantitative estimate of drug-likeness (QED) is 0.172. The Morgan fingerprint density at radius 2 is 1.21 bits per heavy atom. The molecule has 1 aliphatic heterocycles. The van der Waals surface area contributed by atoms with Gasteiger partial charge in [-0.05, 0) is 23.1 Å². The molecule has 4 atom stereocenters. The zero-order valence-electron chi connectivity index (χ0n) is 25.9. The van der Waals surface area contributed by atoms with Gasteiger partial charge in [-0.25, -0.2) is 4.79 Å². The minimum Gasteiger partial charge on any atom is -0.463 e. The van der Waals surface area contributed by atoms with Gasteiger partial charge in [0.15, 0.2) is 18.4 Å². The lowest BCUT2D eigenvalue weighted by Crippen LogP contribution is -2.43. The number of H-pyrrole nitrogens is 1. The van der Waals surface area contributed by atoms with Crippen LogP contribution in [0.5, 0.6) is 0 Å². The molecule has 244 valence electrons. The fourth-order valence-electron chi connectivity index (χ4n) is 5.40. The molecule has 2 heterocycles. The molecule has 3 aromatic carbocycles. The molecule has 0 aliphatic carbocycles. The summed E-state index contributed by atoms with van der Waals surface area (Å²) in [5, 5.41) is 0. The summed E-state index contributed by atoms with van der Waals surface area (Å²) in [5.41, 5.74) is 1.09. The Morgan fingerprint density at radius 1 is 0.723 bits per heavy atom. The van der Waals surface area contributed by atoms with Crippen molar-refractivity contribution in [1.82, 2.24) is 9.55 Å². The molecule has 47 heavy (non-hydrogen) atoms. The van der Waals surface area contributed by atoms with Crippen molar-refractivity contribution in [2.45, 2.75) is 63.6 Å². The lowest BCUT2D eigenvalue weighted by molar-refractivity contribution is -0.168. The van der Waals surface area contributed by atoms with Gasteiger partial charge in [0.2, 0.25) is 0 Å². The van der Waals surface area contributed by atoms with E-state index in [4.69, 9.17) is 18.9 Å².